The van der Waals surface area contributed by atoms with E-state index in [0.29, 0.717) is 0 Å². The van der Waals surface area contributed by atoms with Crippen molar-refractivity contribution in [2.45, 2.75) is 66.8 Å². The van der Waals surface area contributed by atoms with E-state index in [2.05, 4.69) is 22.6 Å². The van der Waals surface area contributed by atoms with Gasteiger partial charge in [0.2, 0.25) is 0 Å². The van der Waals surface area contributed by atoms with Gasteiger partial charge in [-0.05, 0) is 13.8 Å². The molecule has 0 bridgehead atoms. The molecule has 1 N–H and O–H groups in total. The summed E-state index contributed by atoms with van der Waals surface area (Å²) in [6, 6.07) is 0. The quantitative estimate of drug-likeness (QED) is 0.406. The van der Waals surface area contributed by atoms with Crippen molar-refractivity contribution in [2.75, 3.05) is 7.11 Å². The first-order chi connectivity index (χ1) is 9.82. The van der Waals surface area contributed by atoms with Crippen LogP contribution >= 0.6 is 22.6 Å². The maximum Gasteiger partial charge on any atom is 0.308 e. The van der Waals surface area contributed by atoms with Crippen LogP contribution in [0.4, 0.5) is 0 Å². The van der Waals surface area contributed by atoms with E-state index in [1.165, 1.54) is 0 Å². The second-order valence-corrected chi connectivity index (χ2v) is 7.38. The fraction of sp³-hybridized carbons (Fsp3) is 0.923. The molecule has 0 radical (unpaired) electrons. The molecule has 0 unspecified atom stereocenters. The predicted octanol–water partition coefficient (Wildman–Crippen LogP) is 0.358. The molecule has 3 rings (SSSR count). The highest BCUT2D eigenvalue weighted by Gasteiger charge is 2.58. The molecule has 7 nitrogen and oxygen atoms in total. The third kappa shape index (κ3) is 2.81. The Balaban J connectivity index is 1.73. The van der Waals surface area contributed by atoms with E-state index in [4.69, 9.17) is 23.7 Å². The normalized spacial score (nSPS) is 46.4. The third-order valence-electron chi connectivity index (χ3n) is 3.95. The summed E-state index contributed by atoms with van der Waals surface area (Å²) in [6.45, 7) is 3.64. The van der Waals surface area contributed by atoms with Crippen LogP contribution < -0.4 is 0 Å². The second kappa shape index (κ2) is 5.57. The van der Waals surface area contributed by atoms with Gasteiger partial charge in [-0.2, -0.15) is 0 Å². The molecule has 3 aliphatic rings. The first-order valence-electron chi connectivity index (χ1n) is 6.88. The van der Waals surface area contributed by atoms with E-state index in [1.807, 2.05) is 13.8 Å². The van der Waals surface area contributed by atoms with Crippen molar-refractivity contribution in [1.29, 1.82) is 0 Å². The predicted molar refractivity (Wildman–Crippen MR) is 77.8 cm³/mol. The number of carbonyl (C=O) groups is 1. The largest absolute Gasteiger partial charge is 0.458 e. The Hall–Kier alpha value is -0.0000000000000000763. The molecule has 0 aromatic carbocycles. The average molecular weight is 414 g/mol. The van der Waals surface area contributed by atoms with Crippen molar-refractivity contribution < 1.29 is 33.6 Å². The lowest BCUT2D eigenvalue weighted by atomic mass is 10.0. The van der Waals surface area contributed by atoms with Gasteiger partial charge < -0.3 is 28.8 Å². The molecule has 3 aliphatic heterocycles. The Morgan fingerprint density at radius 1 is 1.38 bits per heavy atom. The number of hydrogen-bond donors (Lipinski definition) is 1. The smallest absolute Gasteiger partial charge is 0.308 e. The Bertz CT molecular complexity index is 429. The molecular weight excluding hydrogens is 395 g/mol. The molecule has 0 aromatic heterocycles. The molecule has 3 heterocycles. The lowest BCUT2D eigenvalue weighted by Gasteiger charge is -2.30. The monoisotopic (exact) mass is 414 g/mol. The van der Waals surface area contributed by atoms with Crippen molar-refractivity contribution in [3.8, 4) is 0 Å². The van der Waals surface area contributed by atoms with Crippen molar-refractivity contribution in [3.63, 3.8) is 0 Å². The molecule has 8 heteroatoms. The van der Waals surface area contributed by atoms with E-state index >= 15 is 0 Å². The highest BCUT2D eigenvalue weighted by molar-refractivity contribution is 14.1. The molecule has 3 fully saturated rings. The van der Waals surface area contributed by atoms with Crippen LogP contribution in [0.15, 0.2) is 0 Å². The number of rotatable bonds is 3. The number of aliphatic hydroxyl groups excluding tert-OH is 1. The number of methoxy groups -OCH3 is 1. The Kier molecular flexibility index (Phi) is 4.21. The van der Waals surface area contributed by atoms with Crippen LogP contribution in [0.3, 0.4) is 0 Å². The number of cyclic esters (lactones) is 1. The lowest BCUT2D eigenvalue weighted by molar-refractivity contribution is -0.218. The van der Waals surface area contributed by atoms with Gasteiger partial charge in [-0.3, -0.25) is 4.79 Å². The zero-order valence-electron chi connectivity index (χ0n) is 12.0. The summed E-state index contributed by atoms with van der Waals surface area (Å²) < 4.78 is 27.9. The molecule has 0 aliphatic carbocycles. The summed E-state index contributed by atoms with van der Waals surface area (Å²) >= 11 is 2.13. The summed E-state index contributed by atoms with van der Waals surface area (Å²) in [4.78, 5) is 11.3. The van der Waals surface area contributed by atoms with Gasteiger partial charge in [0.25, 0.3) is 0 Å². The van der Waals surface area contributed by atoms with Crippen LogP contribution in [0, 0.1) is 0 Å². The lowest BCUT2D eigenvalue weighted by Crippen LogP contribution is -2.46. The maximum absolute atomic E-state index is 11.3. The number of carbonyl (C=O) groups excluding carboxylic acids is 1. The molecule has 3 saturated heterocycles. The first-order valence-corrected chi connectivity index (χ1v) is 8.12. The highest BCUT2D eigenvalue weighted by Crippen LogP contribution is 2.42. The Morgan fingerprint density at radius 2 is 2.10 bits per heavy atom. The van der Waals surface area contributed by atoms with Crippen LogP contribution in [0.2, 0.25) is 0 Å². The Labute approximate surface area is 136 Å². The van der Waals surface area contributed by atoms with E-state index < -0.39 is 30.3 Å². The third-order valence-corrected chi connectivity index (χ3v) is 5.37. The van der Waals surface area contributed by atoms with Crippen molar-refractivity contribution in [2.24, 2.45) is 0 Å². The van der Waals surface area contributed by atoms with E-state index in [-0.39, 0.29) is 28.7 Å². The number of ether oxygens (including phenoxy) is 5. The summed E-state index contributed by atoms with van der Waals surface area (Å²) in [5, 5.41) is 9.93. The van der Waals surface area contributed by atoms with Gasteiger partial charge in [-0.25, -0.2) is 0 Å². The molecule has 0 amide bonds. The first kappa shape index (κ1) is 15.9. The fourth-order valence-corrected chi connectivity index (χ4v) is 4.26. The molecule has 0 saturated carbocycles. The molecular formula is C13H19IO7. The zero-order valence-corrected chi connectivity index (χ0v) is 14.2. The molecule has 21 heavy (non-hydrogen) atoms. The van der Waals surface area contributed by atoms with Gasteiger partial charge in [0.15, 0.2) is 12.1 Å². The summed E-state index contributed by atoms with van der Waals surface area (Å²) in [6.07, 6.45) is -2.98. The topological polar surface area (TPSA) is 83.5 Å². The fourth-order valence-electron chi connectivity index (χ4n) is 3.06. The number of aliphatic hydroxyl groups is 1. The Morgan fingerprint density at radius 3 is 2.67 bits per heavy atom. The van der Waals surface area contributed by atoms with Gasteiger partial charge in [-0.15, -0.1) is 0 Å². The van der Waals surface area contributed by atoms with E-state index in [9.17, 15) is 9.90 Å². The standard InChI is InChI=1S/C13H19IO7/c1-13(2)20-11-10(17-3)9(19-12(11)21-13)7(14)8-5(15)4-6(16)18-8/h5,7-12,15H,4H2,1-3H3/t5-,7+,8+,9+,10-,11-,12-/m1/s1. The summed E-state index contributed by atoms with van der Waals surface area (Å²) in [5.74, 6) is -1.10. The summed E-state index contributed by atoms with van der Waals surface area (Å²) in [7, 11) is 1.58. The van der Waals surface area contributed by atoms with E-state index in [1.54, 1.807) is 7.11 Å². The SMILES string of the molecule is CO[C@H]1[C@H]2OC(C)(C)O[C@H]2O[C@H]1[C@@H](I)[C@H]1OC(=O)C[C@H]1O. The van der Waals surface area contributed by atoms with Gasteiger partial charge in [-0.1, -0.05) is 22.6 Å². The number of hydrogen-bond acceptors (Lipinski definition) is 7. The number of esters is 1. The zero-order chi connectivity index (χ0) is 15.4. The van der Waals surface area contributed by atoms with E-state index in [0.717, 1.165) is 0 Å². The minimum absolute atomic E-state index is 0.0153. The average Bonchev–Trinajstić information content (AvgIpc) is 2.97. The number of halogens is 1. The highest BCUT2D eigenvalue weighted by atomic mass is 127. The van der Waals surface area contributed by atoms with Crippen LogP contribution in [-0.4, -0.2) is 64.7 Å². The second-order valence-electron chi connectivity index (χ2n) is 5.94. The maximum atomic E-state index is 11.3. The number of fused-ring (bicyclic) bond motifs is 1. The minimum atomic E-state index is -0.820. The van der Waals surface area contributed by atoms with Crippen LogP contribution in [-0.2, 0) is 28.5 Å². The molecule has 7 atom stereocenters. The van der Waals surface area contributed by atoms with Gasteiger partial charge in [0.05, 0.1) is 10.3 Å². The molecule has 0 aromatic rings. The van der Waals surface area contributed by atoms with Crippen LogP contribution in [0.1, 0.15) is 20.3 Å². The summed E-state index contributed by atoms with van der Waals surface area (Å²) in [5.41, 5.74) is 0. The van der Waals surface area contributed by atoms with Gasteiger partial charge in [0, 0.05) is 7.11 Å². The van der Waals surface area contributed by atoms with Crippen molar-refractivity contribution in [3.05, 3.63) is 0 Å². The van der Waals surface area contributed by atoms with Gasteiger partial charge in [0.1, 0.15) is 30.5 Å². The van der Waals surface area contributed by atoms with Crippen LogP contribution in [0.25, 0.3) is 0 Å². The molecule has 0 spiro atoms. The molecule has 120 valence electrons. The van der Waals surface area contributed by atoms with Crippen LogP contribution in [0.5, 0.6) is 0 Å². The number of alkyl halides is 1. The minimum Gasteiger partial charge on any atom is -0.458 e. The van der Waals surface area contributed by atoms with Crippen molar-refractivity contribution in [1.82, 2.24) is 0 Å². The van der Waals surface area contributed by atoms with Crippen molar-refractivity contribution >= 4 is 28.6 Å². The van der Waals surface area contributed by atoms with Gasteiger partial charge >= 0.3 is 5.97 Å².